The van der Waals surface area contributed by atoms with E-state index in [1.807, 2.05) is 10.8 Å². The molecule has 0 aliphatic rings. The minimum atomic E-state index is -0.472. The number of aromatic nitrogens is 1. The number of nitro benzene ring substituents is 1. The molecule has 0 spiro atoms. The first-order valence-electron chi connectivity index (χ1n) is 8.56. The highest BCUT2D eigenvalue weighted by atomic mass is 32.2. The van der Waals surface area contributed by atoms with Crippen LogP contribution in [0.15, 0.2) is 41.4 Å². The van der Waals surface area contributed by atoms with Gasteiger partial charge in [0.25, 0.3) is 11.6 Å². The first-order valence-corrected chi connectivity index (χ1v) is 10.8. The molecule has 29 heavy (non-hydrogen) atoms. The summed E-state index contributed by atoms with van der Waals surface area (Å²) in [5, 5.41) is 11.1. The molecule has 0 saturated heterocycles. The highest BCUT2D eigenvalue weighted by Crippen LogP contribution is 2.26. The van der Waals surface area contributed by atoms with Crippen LogP contribution in [0.1, 0.15) is 10.4 Å². The maximum Gasteiger partial charge on any atom is 0.283 e. The number of aryl methyl sites for hydroxylation is 1. The number of thioether (sulfide) groups is 1. The third-order valence-corrected chi connectivity index (χ3v) is 5.86. The van der Waals surface area contributed by atoms with Crippen LogP contribution < -0.4 is 14.3 Å². The molecule has 0 aliphatic carbocycles. The van der Waals surface area contributed by atoms with E-state index < -0.39 is 10.8 Å². The van der Waals surface area contributed by atoms with E-state index in [0.29, 0.717) is 27.5 Å². The van der Waals surface area contributed by atoms with E-state index >= 15 is 0 Å². The molecule has 0 radical (unpaired) electrons. The minimum Gasteiger partial charge on any atom is -0.497 e. The predicted octanol–water partition coefficient (Wildman–Crippen LogP) is 3.73. The molecule has 0 aliphatic heterocycles. The normalized spacial score (nSPS) is 11.6. The fourth-order valence-electron chi connectivity index (χ4n) is 2.79. The Bertz CT molecular complexity index is 1140. The molecule has 0 N–H and O–H groups in total. The van der Waals surface area contributed by atoms with Gasteiger partial charge in [-0.25, -0.2) is 0 Å². The van der Waals surface area contributed by atoms with Crippen molar-refractivity contribution in [1.82, 2.24) is 4.57 Å². The van der Waals surface area contributed by atoms with Gasteiger partial charge in [-0.3, -0.25) is 14.9 Å². The summed E-state index contributed by atoms with van der Waals surface area (Å²) in [4.78, 5) is 28.4. The van der Waals surface area contributed by atoms with Crippen LogP contribution in [0.25, 0.3) is 10.2 Å². The molecule has 3 aromatic rings. The lowest BCUT2D eigenvalue weighted by atomic mass is 10.2. The number of carbonyl (C=O) groups excluding carboxylic acids is 1. The van der Waals surface area contributed by atoms with Gasteiger partial charge in [-0.15, -0.1) is 0 Å². The lowest BCUT2D eigenvalue weighted by molar-refractivity contribution is -0.384. The second kappa shape index (κ2) is 9.10. The molecular formula is C19H19N3O5S2. The summed E-state index contributed by atoms with van der Waals surface area (Å²) < 4.78 is 13.1. The zero-order valence-corrected chi connectivity index (χ0v) is 17.7. The third kappa shape index (κ3) is 4.43. The Morgan fingerprint density at radius 1 is 1.24 bits per heavy atom. The van der Waals surface area contributed by atoms with E-state index in [2.05, 4.69) is 4.99 Å². The van der Waals surface area contributed by atoms with Gasteiger partial charge in [0.05, 0.1) is 34.9 Å². The first-order chi connectivity index (χ1) is 14.0. The van der Waals surface area contributed by atoms with Gasteiger partial charge in [-0.05, 0) is 30.5 Å². The van der Waals surface area contributed by atoms with Crippen LogP contribution in [0.2, 0.25) is 0 Å². The van der Waals surface area contributed by atoms with Crippen LogP contribution in [-0.2, 0) is 6.54 Å². The van der Waals surface area contributed by atoms with Crippen molar-refractivity contribution in [2.45, 2.75) is 6.54 Å². The molecule has 0 unspecified atom stereocenters. The molecule has 152 valence electrons. The summed E-state index contributed by atoms with van der Waals surface area (Å²) in [6.07, 6.45) is 1.99. The second-order valence-electron chi connectivity index (χ2n) is 5.92. The zero-order valence-electron chi connectivity index (χ0n) is 16.1. The molecule has 3 rings (SSSR count). The van der Waals surface area contributed by atoms with E-state index in [4.69, 9.17) is 9.47 Å². The standard InChI is InChI=1S/C19H19N3O5S2/c1-26-13-5-7-16(27-2)14(11-13)18(23)20-19-21(8-9-28-3)15-6-4-12(22(24)25)10-17(15)29-19/h4-7,10-11H,8-9H2,1-3H3. The third-order valence-electron chi connectivity index (χ3n) is 4.23. The minimum absolute atomic E-state index is 0.00288. The van der Waals surface area contributed by atoms with E-state index in [9.17, 15) is 14.9 Å². The zero-order chi connectivity index (χ0) is 21.0. The van der Waals surface area contributed by atoms with E-state index in [-0.39, 0.29) is 11.3 Å². The number of nitrogens with zero attached hydrogens (tertiary/aromatic N) is 3. The number of hydrogen-bond donors (Lipinski definition) is 0. The number of amides is 1. The van der Waals surface area contributed by atoms with Crippen LogP contribution >= 0.6 is 23.1 Å². The molecule has 8 nitrogen and oxygen atoms in total. The second-order valence-corrected chi connectivity index (χ2v) is 7.92. The van der Waals surface area contributed by atoms with Crippen molar-refractivity contribution in [1.29, 1.82) is 0 Å². The quantitative estimate of drug-likeness (QED) is 0.416. The number of ether oxygens (including phenoxy) is 2. The van der Waals surface area contributed by atoms with Crippen molar-refractivity contribution in [3.05, 3.63) is 56.9 Å². The number of non-ortho nitro benzene ring substituents is 1. The topological polar surface area (TPSA) is 96.0 Å². The molecule has 10 heteroatoms. The van der Waals surface area contributed by atoms with Gasteiger partial charge in [0.15, 0.2) is 4.80 Å². The number of hydrogen-bond acceptors (Lipinski definition) is 7. The summed E-state index contributed by atoms with van der Waals surface area (Å²) in [6.45, 7) is 0.625. The Labute approximate surface area is 174 Å². The number of nitro groups is 1. The van der Waals surface area contributed by atoms with Gasteiger partial charge in [0, 0.05) is 24.4 Å². The van der Waals surface area contributed by atoms with Gasteiger partial charge in [-0.2, -0.15) is 16.8 Å². The number of methoxy groups -OCH3 is 2. The molecule has 1 heterocycles. The highest BCUT2D eigenvalue weighted by Gasteiger charge is 2.16. The van der Waals surface area contributed by atoms with E-state index in [1.54, 1.807) is 36.0 Å². The Balaban J connectivity index is 2.15. The number of benzene rings is 2. The average molecular weight is 434 g/mol. The van der Waals surface area contributed by atoms with Crippen molar-refractivity contribution in [3.63, 3.8) is 0 Å². The summed E-state index contributed by atoms with van der Waals surface area (Å²) in [5.41, 5.74) is 1.09. The van der Waals surface area contributed by atoms with Crippen LogP contribution in [0.3, 0.4) is 0 Å². The van der Waals surface area contributed by atoms with E-state index in [1.165, 1.54) is 37.7 Å². The molecule has 1 aromatic heterocycles. The number of carbonyl (C=O) groups is 1. The lowest BCUT2D eigenvalue weighted by Crippen LogP contribution is -2.18. The SMILES string of the molecule is COc1ccc(OC)c(C(=O)N=c2sc3cc([N+](=O)[O-])ccc3n2CCSC)c1. The van der Waals surface area contributed by atoms with Crippen molar-refractivity contribution in [3.8, 4) is 11.5 Å². The first kappa shape index (κ1) is 20.9. The molecule has 0 fully saturated rings. The summed E-state index contributed by atoms with van der Waals surface area (Å²) in [6, 6.07) is 9.59. The smallest absolute Gasteiger partial charge is 0.283 e. The number of rotatable bonds is 7. The van der Waals surface area contributed by atoms with Gasteiger partial charge in [0.2, 0.25) is 0 Å². The van der Waals surface area contributed by atoms with Gasteiger partial charge in [0.1, 0.15) is 11.5 Å². The molecule has 0 atom stereocenters. The monoisotopic (exact) mass is 433 g/mol. The molecule has 2 aromatic carbocycles. The Hall–Kier alpha value is -2.85. The van der Waals surface area contributed by atoms with Crippen molar-refractivity contribution >= 4 is 44.9 Å². The van der Waals surface area contributed by atoms with Crippen molar-refractivity contribution in [2.75, 3.05) is 26.2 Å². The summed E-state index contributed by atoms with van der Waals surface area (Å²) in [7, 11) is 3.00. The van der Waals surface area contributed by atoms with Crippen LogP contribution in [-0.4, -0.2) is 41.6 Å². The van der Waals surface area contributed by atoms with Crippen LogP contribution in [0, 0.1) is 10.1 Å². The van der Waals surface area contributed by atoms with Gasteiger partial charge < -0.3 is 14.0 Å². The summed E-state index contributed by atoms with van der Waals surface area (Å²) in [5.74, 6) is 1.26. The largest absolute Gasteiger partial charge is 0.497 e. The fraction of sp³-hybridized carbons (Fsp3) is 0.263. The predicted molar refractivity (Wildman–Crippen MR) is 114 cm³/mol. The average Bonchev–Trinajstić information content (AvgIpc) is 3.07. The number of thiazole rings is 1. The molecule has 0 saturated carbocycles. The molecule has 0 bridgehead atoms. The Kier molecular flexibility index (Phi) is 6.55. The number of fused-ring (bicyclic) bond motifs is 1. The molecule has 1 amide bonds. The maximum absolute atomic E-state index is 12.9. The fourth-order valence-corrected chi connectivity index (χ4v) is 4.24. The van der Waals surface area contributed by atoms with Gasteiger partial charge >= 0.3 is 0 Å². The van der Waals surface area contributed by atoms with Crippen LogP contribution in [0.5, 0.6) is 11.5 Å². The van der Waals surface area contributed by atoms with Crippen molar-refractivity contribution < 1.29 is 19.2 Å². The van der Waals surface area contributed by atoms with Crippen LogP contribution in [0.4, 0.5) is 5.69 Å². The van der Waals surface area contributed by atoms with Gasteiger partial charge in [-0.1, -0.05) is 11.3 Å². The summed E-state index contributed by atoms with van der Waals surface area (Å²) >= 11 is 2.91. The Morgan fingerprint density at radius 2 is 2.03 bits per heavy atom. The van der Waals surface area contributed by atoms with E-state index in [0.717, 1.165) is 11.3 Å². The Morgan fingerprint density at radius 3 is 2.69 bits per heavy atom. The van der Waals surface area contributed by atoms with Crippen molar-refractivity contribution in [2.24, 2.45) is 4.99 Å². The maximum atomic E-state index is 12.9. The molecular weight excluding hydrogens is 414 g/mol. The lowest BCUT2D eigenvalue weighted by Gasteiger charge is -2.07. The highest BCUT2D eigenvalue weighted by molar-refractivity contribution is 7.98.